The molecule has 1 aromatic rings. The highest BCUT2D eigenvalue weighted by Gasteiger charge is 2.15. The Labute approximate surface area is 123 Å². The van der Waals surface area contributed by atoms with Crippen LogP contribution in [0.1, 0.15) is 30.1 Å². The lowest BCUT2D eigenvalue weighted by atomic mass is 10.1. The maximum Gasteiger partial charge on any atom is 0.303 e. The summed E-state index contributed by atoms with van der Waals surface area (Å²) in [5, 5.41) is 11.4. The predicted molar refractivity (Wildman–Crippen MR) is 75.8 cm³/mol. The monoisotopic (exact) mass is 293 g/mol. The number of ether oxygens (including phenoxy) is 2. The molecular weight excluding hydrogens is 274 g/mol. The number of carbonyl (C=O) groups is 2. The van der Waals surface area contributed by atoms with Crippen LogP contribution >= 0.6 is 0 Å². The Morgan fingerprint density at radius 3 is 2.71 bits per heavy atom. The van der Waals surface area contributed by atoms with Gasteiger partial charge in [0.25, 0.3) is 5.91 Å². The summed E-state index contributed by atoms with van der Waals surface area (Å²) in [5.74, 6) is 0.317. The number of amides is 1. The first-order valence-corrected chi connectivity index (χ1v) is 6.96. The minimum atomic E-state index is -0.819. The van der Waals surface area contributed by atoms with E-state index in [0.717, 1.165) is 0 Å². The van der Waals surface area contributed by atoms with Crippen molar-refractivity contribution < 1.29 is 24.2 Å². The van der Waals surface area contributed by atoms with Crippen molar-refractivity contribution in [2.45, 2.75) is 19.8 Å². The summed E-state index contributed by atoms with van der Waals surface area (Å²) >= 11 is 0. The largest absolute Gasteiger partial charge is 0.486 e. The van der Waals surface area contributed by atoms with Crippen LogP contribution in [0.4, 0.5) is 0 Å². The molecule has 1 aromatic carbocycles. The average molecular weight is 293 g/mol. The van der Waals surface area contributed by atoms with E-state index in [-0.39, 0.29) is 18.2 Å². The predicted octanol–water partition coefficient (Wildman–Crippen LogP) is 1.69. The molecule has 21 heavy (non-hydrogen) atoms. The van der Waals surface area contributed by atoms with Crippen LogP contribution in [0.15, 0.2) is 18.2 Å². The van der Waals surface area contributed by atoms with Gasteiger partial charge in [0.15, 0.2) is 11.5 Å². The number of carboxylic acid groups (broad SMARTS) is 1. The highest BCUT2D eigenvalue weighted by atomic mass is 16.6. The summed E-state index contributed by atoms with van der Waals surface area (Å²) in [4.78, 5) is 22.5. The Bertz CT molecular complexity index is 529. The normalized spacial score (nSPS) is 14.3. The van der Waals surface area contributed by atoms with Gasteiger partial charge < -0.3 is 19.9 Å². The second kappa shape index (κ2) is 6.97. The molecule has 114 valence electrons. The van der Waals surface area contributed by atoms with Crippen LogP contribution in [0, 0.1) is 5.92 Å². The fourth-order valence-electron chi connectivity index (χ4n) is 2.03. The third kappa shape index (κ3) is 4.37. The first kappa shape index (κ1) is 15.2. The van der Waals surface area contributed by atoms with Gasteiger partial charge in [-0.25, -0.2) is 0 Å². The first-order valence-electron chi connectivity index (χ1n) is 6.96. The van der Waals surface area contributed by atoms with Crippen molar-refractivity contribution in [1.29, 1.82) is 0 Å². The molecule has 1 atom stereocenters. The van der Waals surface area contributed by atoms with Gasteiger partial charge in [0.2, 0.25) is 0 Å². The number of carbonyl (C=O) groups excluding carboxylic acids is 1. The smallest absolute Gasteiger partial charge is 0.303 e. The topological polar surface area (TPSA) is 84.9 Å². The van der Waals surface area contributed by atoms with Gasteiger partial charge in [-0.2, -0.15) is 0 Å². The third-order valence-electron chi connectivity index (χ3n) is 3.27. The van der Waals surface area contributed by atoms with Gasteiger partial charge >= 0.3 is 5.97 Å². The molecule has 1 aliphatic rings. The summed E-state index contributed by atoms with van der Waals surface area (Å²) < 4.78 is 10.8. The zero-order chi connectivity index (χ0) is 15.2. The van der Waals surface area contributed by atoms with E-state index in [0.29, 0.717) is 43.2 Å². The Balaban J connectivity index is 1.87. The van der Waals surface area contributed by atoms with E-state index in [1.54, 1.807) is 18.2 Å². The van der Waals surface area contributed by atoms with E-state index >= 15 is 0 Å². The van der Waals surface area contributed by atoms with Gasteiger partial charge in [-0.15, -0.1) is 0 Å². The van der Waals surface area contributed by atoms with Crippen LogP contribution in [0.5, 0.6) is 11.5 Å². The molecule has 0 fully saturated rings. The van der Waals surface area contributed by atoms with Crippen molar-refractivity contribution in [2.24, 2.45) is 5.92 Å². The third-order valence-corrected chi connectivity index (χ3v) is 3.27. The SMILES string of the molecule is CC(CCC(=O)O)CNC(=O)c1ccc2c(c1)OCCO2. The number of rotatable bonds is 6. The zero-order valence-corrected chi connectivity index (χ0v) is 11.9. The van der Waals surface area contributed by atoms with Crippen LogP contribution in [0.2, 0.25) is 0 Å². The van der Waals surface area contributed by atoms with Gasteiger partial charge in [0.1, 0.15) is 13.2 Å². The molecule has 1 aliphatic heterocycles. The lowest BCUT2D eigenvalue weighted by molar-refractivity contribution is -0.137. The molecule has 2 rings (SSSR count). The standard InChI is InChI=1S/C15H19NO5/c1-10(2-5-14(17)18)9-16-15(19)11-3-4-12-13(8-11)21-7-6-20-12/h3-4,8,10H,2,5-7,9H2,1H3,(H,16,19)(H,17,18). The van der Waals surface area contributed by atoms with Gasteiger partial charge in [0.05, 0.1) is 0 Å². The highest BCUT2D eigenvalue weighted by molar-refractivity contribution is 5.94. The molecule has 0 aromatic heterocycles. The van der Waals surface area contributed by atoms with Crippen LogP contribution in [0.25, 0.3) is 0 Å². The second-order valence-corrected chi connectivity index (χ2v) is 5.11. The van der Waals surface area contributed by atoms with Gasteiger partial charge in [-0.3, -0.25) is 9.59 Å². The number of hydrogen-bond donors (Lipinski definition) is 2. The summed E-state index contributed by atoms with van der Waals surface area (Å²) in [6.45, 7) is 3.34. The molecule has 0 bridgehead atoms. The zero-order valence-electron chi connectivity index (χ0n) is 11.9. The lowest BCUT2D eigenvalue weighted by Crippen LogP contribution is -2.28. The maximum atomic E-state index is 12.0. The molecule has 6 heteroatoms. The summed E-state index contributed by atoms with van der Waals surface area (Å²) in [6.07, 6.45) is 0.651. The van der Waals surface area contributed by atoms with Crippen LogP contribution in [0.3, 0.4) is 0 Å². The Hall–Kier alpha value is -2.24. The average Bonchev–Trinajstić information content (AvgIpc) is 2.50. The molecule has 2 N–H and O–H groups in total. The molecule has 1 heterocycles. The van der Waals surface area contributed by atoms with Crippen molar-refractivity contribution >= 4 is 11.9 Å². The summed E-state index contributed by atoms with van der Waals surface area (Å²) in [7, 11) is 0. The van der Waals surface area contributed by atoms with Crippen molar-refractivity contribution in [3.05, 3.63) is 23.8 Å². The quantitative estimate of drug-likeness (QED) is 0.833. The number of nitrogens with one attached hydrogen (secondary N) is 1. The Kier molecular flexibility index (Phi) is 5.03. The highest BCUT2D eigenvalue weighted by Crippen LogP contribution is 2.30. The van der Waals surface area contributed by atoms with Crippen LogP contribution in [-0.2, 0) is 4.79 Å². The van der Waals surface area contributed by atoms with Crippen LogP contribution < -0.4 is 14.8 Å². The Morgan fingerprint density at radius 2 is 2.00 bits per heavy atom. The molecule has 0 aliphatic carbocycles. The number of fused-ring (bicyclic) bond motifs is 1. The number of benzene rings is 1. The van der Waals surface area contributed by atoms with E-state index in [1.807, 2.05) is 6.92 Å². The van der Waals surface area contributed by atoms with E-state index in [1.165, 1.54) is 0 Å². The molecule has 0 spiro atoms. The molecule has 1 unspecified atom stereocenters. The number of hydrogen-bond acceptors (Lipinski definition) is 4. The van der Waals surface area contributed by atoms with Crippen LogP contribution in [-0.4, -0.2) is 36.7 Å². The van der Waals surface area contributed by atoms with E-state index in [9.17, 15) is 9.59 Å². The van der Waals surface area contributed by atoms with E-state index in [2.05, 4.69) is 5.32 Å². The van der Waals surface area contributed by atoms with Crippen molar-refractivity contribution in [2.75, 3.05) is 19.8 Å². The van der Waals surface area contributed by atoms with Crippen molar-refractivity contribution in [3.8, 4) is 11.5 Å². The molecule has 6 nitrogen and oxygen atoms in total. The van der Waals surface area contributed by atoms with E-state index < -0.39 is 5.97 Å². The summed E-state index contributed by atoms with van der Waals surface area (Å²) in [5.41, 5.74) is 0.504. The first-order chi connectivity index (χ1) is 10.1. The number of aliphatic carboxylic acids is 1. The molecule has 0 radical (unpaired) electrons. The summed E-state index contributed by atoms with van der Waals surface area (Å²) in [6, 6.07) is 5.06. The van der Waals surface area contributed by atoms with E-state index in [4.69, 9.17) is 14.6 Å². The molecule has 0 saturated carbocycles. The fraction of sp³-hybridized carbons (Fsp3) is 0.467. The van der Waals surface area contributed by atoms with Gasteiger partial charge in [-0.05, 0) is 30.5 Å². The molecule has 0 saturated heterocycles. The van der Waals surface area contributed by atoms with Gasteiger partial charge in [0, 0.05) is 18.5 Å². The minimum absolute atomic E-state index is 0.112. The number of carboxylic acids is 1. The van der Waals surface area contributed by atoms with Crippen molar-refractivity contribution in [3.63, 3.8) is 0 Å². The second-order valence-electron chi connectivity index (χ2n) is 5.11. The van der Waals surface area contributed by atoms with Gasteiger partial charge in [-0.1, -0.05) is 6.92 Å². The maximum absolute atomic E-state index is 12.0. The minimum Gasteiger partial charge on any atom is -0.486 e. The Morgan fingerprint density at radius 1 is 1.29 bits per heavy atom. The lowest BCUT2D eigenvalue weighted by Gasteiger charge is -2.19. The molecule has 1 amide bonds. The van der Waals surface area contributed by atoms with Crippen molar-refractivity contribution in [1.82, 2.24) is 5.32 Å². The fourth-order valence-corrected chi connectivity index (χ4v) is 2.03. The molecular formula is C15H19NO5.